The van der Waals surface area contributed by atoms with Crippen LogP contribution in [0.1, 0.15) is 27.3 Å². The van der Waals surface area contributed by atoms with Gasteiger partial charge in [-0.25, -0.2) is 4.98 Å². The first kappa shape index (κ1) is 13.6. The molecule has 2 N–H and O–H groups in total. The van der Waals surface area contributed by atoms with Crippen molar-refractivity contribution in [1.29, 1.82) is 0 Å². The highest BCUT2D eigenvalue weighted by Gasteiger charge is 2.24. The molecule has 0 unspecified atom stereocenters. The van der Waals surface area contributed by atoms with E-state index in [4.69, 9.17) is 10.3 Å². The number of amides is 1. The zero-order chi connectivity index (χ0) is 16.0. The lowest BCUT2D eigenvalue weighted by atomic mass is 10.1. The number of hydrogen-bond acceptors (Lipinski definition) is 7. The van der Waals surface area contributed by atoms with Crippen LogP contribution in [-0.4, -0.2) is 37.7 Å². The molecular weight excluding hydrogens is 296 g/mol. The summed E-state index contributed by atoms with van der Waals surface area (Å²) in [4.78, 5) is 18.7. The van der Waals surface area contributed by atoms with Crippen LogP contribution in [0.15, 0.2) is 22.9 Å². The number of anilines is 1. The molecule has 8 nitrogen and oxygen atoms in total. The summed E-state index contributed by atoms with van der Waals surface area (Å²) in [5, 5.41) is 12.6. The quantitative estimate of drug-likeness (QED) is 0.716. The van der Waals surface area contributed by atoms with Gasteiger partial charge in [-0.3, -0.25) is 4.79 Å². The van der Waals surface area contributed by atoms with E-state index in [0.717, 1.165) is 16.6 Å². The minimum Gasteiger partial charge on any atom is -0.382 e. The molecule has 0 saturated heterocycles. The molecular formula is C15H14N6O2. The minimum atomic E-state index is -0.0824. The van der Waals surface area contributed by atoms with Crippen LogP contribution in [0.2, 0.25) is 0 Å². The van der Waals surface area contributed by atoms with E-state index >= 15 is 0 Å². The van der Waals surface area contributed by atoms with Gasteiger partial charge in [0.15, 0.2) is 0 Å². The number of pyridine rings is 1. The molecule has 1 aliphatic rings. The Bertz CT molecular complexity index is 919. The zero-order valence-electron chi connectivity index (χ0n) is 12.5. The van der Waals surface area contributed by atoms with Crippen LogP contribution in [0.25, 0.3) is 11.1 Å². The van der Waals surface area contributed by atoms with Gasteiger partial charge in [0.05, 0.1) is 22.3 Å². The lowest BCUT2D eigenvalue weighted by Gasteiger charge is -2.28. The van der Waals surface area contributed by atoms with Gasteiger partial charge >= 0.3 is 0 Å². The summed E-state index contributed by atoms with van der Waals surface area (Å²) in [6, 6.07) is 3.54. The van der Waals surface area contributed by atoms with Crippen LogP contribution in [-0.2, 0) is 13.0 Å². The van der Waals surface area contributed by atoms with Crippen molar-refractivity contribution in [2.75, 3.05) is 12.3 Å². The molecule has 1 aliphatic heterocycles. The third-order valence-corrected chi connectivity index (χ3v) is 4.00. The molecule has 0 aliphatic carbocycles. The SMILES string of the molecule is Cc1noc2ncc(C(=O)N3CCc4nnc(N)cc4C3)cc12. The fourth-order valence-corrected chi connectivity index (χ4v) is 2.76. The van der Waals surface area contributed by atoms with Crippen molar-refractivity contribution in [3.63, 3.8) is 0 Å². The second-order valence-corrected chi connectivity index (χ2v) is 5.56. The van der Waals surface area contributed by atoms with Crippen molar-refractivity contribution < 1.29 is 9.32 Å². The van der Waals surface area contributed by atoms with Gasteiger partial charge in [-0.05, 0) is 24.6 Å². The predicted octanol–water partition coefficient (Wildman–Crippen LogP) is 1.10. The summed E-state index contributed by atoms with van der Waals surface area (Å²) in [6.07, 6.45) is 2.18. The summed E-state index contributed by atoms with van der Waals surface area (Å²) in [5.74, 6) is 0.280. The summed E-state index contributed by atoms with van der Waals surface area (Å²) in [7, 11) is 0. The molecule has 0 atom stereocenters. The molecule has 0 spiro atoms. The first-order chi connectivity index (χ1) is 11.1. The van der Waals surface area contributed by atoms with Gasteiger partial charge in [0.25, 0.3) is 11.6 Å². The topological polar surface area (TPSA) is 111 Å². The predicted molar refractivity (Wildman–Crippen MR) is 81.4 cm³/mol. The third-order valence-electron chi connectivity index (χ3n) is 4.00. The zero-order valence-corrected chi connectivity index (χ0v) is 12.5. The molecule has 8 heteroatoms. The van der Waals surface area contributed by atoms with Crippen molar-refractivity contribution in [2.24, 2.45) is 0 Å². The van der Waals surface area contributed by atoms with Crippen molar-refractivity contribution >= 4 is 22.8 Å². The minimum absolute atomic E-state index is 0.0824. The van der Waals surface area contributed by atoms with Gasteiger partial charge in [0.2, 0.25) is 0 Å². The Kier molecular flexibility index (Phi) is 2.97. The van der Waals surface area contributed by atoms with Crippen LogP contribution in [0.5, 0.6) is 0 Å². The summed E-state index contributed by atoms with van der Waals surface area (Å²) in [5.41, 5.74) is 9.18. The Labute approximate surface area is 131 Å². The molecule has 0 radical (unpaired) electrons. The van der Waals surface area contributed by atoms with Crippen molar-refractivity contribution in [3.05, 3.63) is 40.8 Å². The van der Waals surface area contributed by atoms with Crippen LogP contribution < -0.4 is 5.73 Å². The number of nitrogen functional groups attached to an aromatic ring is 1. The fourth-order valence-electron chi connectivity index (χ4n) is 2.76. The molecule has 116 valence electrons. The highest BCUT2D eigenvalue weighted by Crippen LogP contribution is 2.22. The number of nitrogens with zero attached hydrogens (tertiary/aromatic N) is 5. The Balaban J connectivity index is 1.64. The molecule has 3 aromatic heterocycles. The van der Waals surface area contributed by atoms with E-state index in [1.165, 1.54) is 6.20 Å². The normalized spacial score (nSPS) is 14.0. The molecule has 0 aromatic carbocycles. The second-order valence-electron chi connectivity index (χ2n) is 5.56. The lowest BCUT2D eigenvalue weighted by Crippen LogP contribution is -2.36. The smallest absolute Gasteiger partial charge is 0.257 e. The number of fused-ring (bicyclic) bond motifs is 2. The number of hydrogen-bond donors (Lipinski definition) is 1. The first-order valence-corrected chi connectivity index (χ1v) is 7.24. The average molecular weight is 310 g/mol. The van der Waals surface area contributed by atoms with Gasteiger partial charge in [-0.15, -0.1) is 5.10 Å². The molecule has 4 rings (SSSR count). The Morgan fingerprint density at radius 2 is 2.22 bits per heavy atom. The highest BCUT2D eigenvalue weighted by atomic mass is 16.5. The van der Waals surface area contributed by atoms with Gasteiger partial charge < -0.3 is 15.2 Å². The van der Waals surface area contributed by atoms with Gasteiger partial charge in [0.1, 0.15) is 5.82 Å². The van der Waals surface area contributed by atoms with E-state index in [2.05, 4.69) is 20.3 Å². The van der Waals surface area contributed by atoms with Crippen molar-refractivity contribution in [1.82, 2.24) is 25.2 Å². The average Bonchev–Trinajstić information content (AvgIpc) is 2.94. The molecule has 0 saturated carbocycles. The molecule has 0 bridgehead atoms. The summed E-state index contributed by atoms with van der Waals surface area (Å²) < 4.78 is 5.07. The number of carbonyl (C=O) groups is 1. The number of rotatable bonds is 1. The van der Waals surface area contributed by atoms with E-state index in [0.29, 0.717) is 42.3 Å². The molecule has 1 amide bonds. The molecule has 0 fully saturated rings. The largest absolute Gasteiger partial charge is 0.382 e. The maximum atomic E-state index is 12.7. The lowest BCUT2D eigenvalue weighted by molar-refractivity contribution is 0.0733. The third kappa shape index (κ3) is 2.28. The molecule has 23 heavy (non-hydrogen) atoms. The standard InChI is InChI=1S/C15H14N6O2/c1-8-11-4-9(6-17-14(11)23-20-8)15(22)21-3-2-12-10(7-21)5-13(16)19-18-12/h4-6H,2-3,7H2,1H3,(H2,16,19). The summed E-state index contributed by atoms with van der Waals surface area (Å²) >= 11 is 0. The van der Waals surface area contributed by atoms with Crippen LogP contribution in [0.4, 0.5) is 5.82 Å². The van der Waals surface area contributed by atoms with E-state index in [9.17, 15) is 4.79 Å². The molecule has 3 aromatic rings. The maximum Gasteiger partial charge on any atom is 0.257 e. The van der Waals surface area contributed by atoms with E-state index in [-0.39, 0.29) is 5.91 Å². The van der Waals surface area contributed by atoms with Crippen LogP contribution in [0.3, 0.4) is 0 Å². The van der Waals surface area contributed by atoms with Crippen LogP contribution in [0, 0.1) is 6.92 Å². The molecule has 4 heterocycles. The van der Waals surface area contributed by atoms with Crippen molar-refractivity contribution in [2.45, 2.75) is 19.9 Å². The summed E-state index contributed by atoms with van der Waals surface area (Å²) in [6.45, 7) is 2.87. The van der Waals surface area contributed by atoms with E-state index < -0.39 is 0 Å². The van der Waals surface area contributed by atoms with E-state index in [1.54, 1.807) is 17.0 Å². The first-order valence-electron chi connectivity index (χ1n) is 7.24. The van der Waals surface area contributed by atoms with E-state index in [1.807, 2.05) is 6.92 Å². The fraction of sp³-hybridized carbons (Fsp3) is 0.267. The van der Waals surface area contributed by atoms with Crippen LogP contribution >= 0.6 is 0 Å². The highest BCUT2D eigenvalue weighted by molar-refractivity contribution is 5.97. The van der Waals surface area contributed by atoms with Crippen molar-refractivity contribution in [3.8, 4) is 0 Å². The Morgan fingerprint density at radius 1 is 1.35 bits per heavy atom. The number of nitrogens with two attached hydrogens (primary N) is 1. The Hall–Kier alpha value is -3.03. The number of aryl methyl sites for hydroxylation is 1. The number of aromatic nitrogens is 4. The Morgan fingerprint density at radius 3 is 3.09 bits per heavy atom. The van der Waals surface area contributed by atoms with Gasteiger partial charge in [-0.1, -0.05) is 5.16 Å². The second kappa shape index (κ2) is 5.01. The maximum absolute atomic E-state index is 12.7. The van der Waals surface area contributed by atoms with Gasteiger partial charge in [0, 0.05) is 25.7 Å². The number of carbonyl (C=O) groups excluding carboxylic acids is 1. The monoisotopic (exact) mass is 310 g/mol. The van der Waals surface area contributed by atoms with Gasteiger partial charge in [-0.2, -0.15) is 5.10 Å².